The molecule has 1 aliphatic rings. The summed E-state index contributed by atoms with van der Waals surface area (Å²) in [5.74, 6) is 0.157. The highest BCUT2D eigenvalue weighted by Crippen LogP contribution is 2.17. The Morgan fingerprint density at radius 2 is 2.00 bits per heavy atom. The zero-order valence-corrected chi connectivity index (χ0v) is 17.5. The van der Waals surface area contributed by atoms with Gasteiger partial charge in [-0.15, -0.1) is 21.5 Å². The number of nitrogens with zero attached hydrogens (tertiary/aromatic N) is 4. The number of amides is 3. The summed E-state index contributed by atoms with van der Waals surface area (Å²) in [5.41, 5.74) is 0. The zero-order valence-electron chi connectivity index (χ0n) is 15.8. The fraction of sp³-hybridized carbons (Fsp3) is 0.471. The second-order valence-electron chi connectivity index (χ2n) is 5.98. The number of rotatable bonds is 7. The van der Waals surface area contributed by atoms with E-state index in [9.17, 15) is 14.4 Å². The van der Waals surface area contributed by atoms with Crippen LogP contribution in [0.4, 0.5) is 4.79 Å². The maximum Gasteiger partial charge on any atom is 0.409 e. The van der Waals surface area contributed by atoms with Gasteiger partial charge in [0.05, 0.1) is 23.8 Å². The molecule has 0 aliphatic carbocycles. The lowest BCUT2D eigenvalue weighted by atomic mass is 10.3. The number of ether oxygens (including phenoxy) is 1. The average Bonchev–Trinajstić information content (AvgIpc) is 3.43. The largest absolute Gasteiger partial charge is 0.450 e. The lowest BCUT2D eigenvalue weighted by Gasteiger charge is -2.33. The molecule has 156 valence electrons. The van der Waals surface area contributed by atoms with Crippen molar-refractivity contribution in [1.29, 1.82) is 0 Å². The van der Waals surface area contributed by atoms with Crippen molar-refractivity contribution in [2.45, 2.75) is 18.7 Å². The number of hydrogen-bond donors (Lipinski definition) is 1. The maximum atomic E-state index is 12.4. The first-order chi connectivity index (χ1) is 14.1. The van der Waals surface area contributed by atoms with Gasteiger partial charge in [0.15, 0.2) is 0 Å². The number of nitrogens with one attached hydrogen (secondary N) is 1. The predicted octanol–water partition coefficient (Wildman–Crippen LogP) is 1.45. The van der Waals surface area contributed by atoms with Crippen LogP contribution in [-0.4, -0.2) is 76.4 Å². The van der Waals surface area contributed by atoms with Gasteiger partial charge < -0.3 is 24.3 Å². The van der Waals surface area contributed by atoms with Crippen LogP contribution >= 0.6 is 23.1 Å². The van der Waals surface area contributed by atoms with Crippen LogP contribution in [0.2, 0.25) is 0 Å². The van der Waals surface area contributed by atoms with Crippen molar-refractivity contribution in [2.24, 2.45) is 0 Å². The van der Waals surface area contributed by atoms with Gasteiger partial charge in [-0.1, -0.05) is 17.8 Å². The number of carbonyl (C=O) groups is 3. The molecule has 3 amide bonds. The minimum absolute atomic E-state index is 0.0655. The van der Waals surface area contributed by atoms with E-state index in [0.29, 0.717) is 37.7 Å². The summed E-state index contributed by atoms with van der Waals surface area (Å²) in [6.45, 7) is 4.03. The molecule has 0 unspecified atom stereocenters. The lowest BCUT2D eigenvalue weighted by molar-refractivity contribution is -0.129. The fourth-order valence-corrected chi connectivity index (χ4v) is 3.91. The molecular weight excluding hydrogens is 418 g/mol. The minimum Gasteiger partial charge on any atom is -0.450 e. The molecule has 1 aliphatic heterocycles. The Balaban J connectivity index is 1.39. The van der Waals surface area contributed by atoms with Crippen LogP contribution in [0.5, 0.6) is 0 Å². The highest BCUT2D eigenvalue weighted by molar-refractivity contribution is 7.99. The second kappa shape index (κ2) is 10.3. The van der Waals surface area contributed by atoms with E-state index in [1.807, 2.05) is 5.38 Å². The van der Waals surface area contributed by atoms with Gasteiger partial charge in [-0.05, 0) is 18.4 Å². The van der Waals surface area contributed by atoms with Gasteiger partial charge >= 0.3 is 6.09 Å². The average molecular weight is 440 g/mol. The molecule has 12 heteroatoms. The number of hydrogen-bond acceptors (Lipinski definition) is 9. The summed E-state index contributed by atoms with van der Waals surface area (Å²) in [4.78, 5) is 39.8. The van der Waals surface area contributed by atoms with Gasteiger partial charge in [-0.3, -0.25) is 9.59 Å². The van der Waals surface area contributed by atoms with Crippen LogP contribution in [0.15, 0.2) is 27.2 Å². The van der Waals surface area contributed by atoms with Gasteiger partial charge in [-0.2, -0.15) is 0 Å². The number of thiophene rings is 1. The van der Waals surface area contributed by atoms with Crippen LogP contribution in [0, 0.1) is 0 Å². The molecule has 1 fully saturated rings. The summed E-state index contributed by atoms with van der Waals surface area (Å²) < 4.78 is 10.4. The Morgan fingerprint density at radius 1 is 1.24 bits per heavy atom. The van der Waals surface area contributed by atoms with Crippen LogP contribution in [-0.2, 0) is 16.1 Å². The van der Waals surface area contributed by atoms with Crippen molar-refractivity contribution >= 4 is 41.0 Å². The molecule has 29 heavy (non-hydrogen) atoms. The molecule has 0 aromatic carbocycles. The van der Waals surface area contributed by atoms with Gasteiger partial charge in [0, 0.05) is 26.2 Å². The summed E-state index contributed by atoms with van der Waals surface area (Å²) in [6.07, 6.45) is -0.349. The van der Waals surface area contributed by atoms with Crippen molar-refractivity contribution in [3.8, 4) is 0 Å². The molecule has 0 radical (unpaired) electrons. The van der Waals surface area contributed by atoms with E-state index in [-0.39, 0.29) is 41.3 Å². The summed E-state index contributed by atoms with van der Waals surface area (Å²) in [6, 6.07) is 3.53. The summed E-state index contributed by atoms with van der Waals surface area (Å²) in [5, 5.41) is 12.6. The molecule has 3 rings (SSSR count). The van der Waals surface area contributed by atoms with Crippen molar-refractivity contribution in [3.05, 3.63) is 28.3 Å². The fourth-order valence-electron chi connectivity index (χ4n) is 2.59. The Labute approximate surface area is 175 Å². The normalized spacial score (nSPS) is 14.0. The van der Waals surface area contributed by atoms with Crippen LogP contribution in [0.1, 0.15) is 22.5 Å². The molecule has 2 aromatic heterocycles. The predicted molar refractivity (Wildman–Crippen MR) is 106 cm³/mol. The van der Waals surface area contributed by atoms with E-state index < -0.39 is 0 Å². The smallest absolute Gasteiger partial charge is 0.409 e. The van der Waals surface area contributed by atoms with Crippen LogP contribution in [0.25, 0.3) is 0 Å². The number of carbonyl (C=O) groups excluding carboxylic acids is 3. The summed E-state index contributed by atoms with van der Waals surface area (Å²) in [7, 11) is 0. The first-order valence-corrected chi connectivity index (χ1v) is 10.9. The molecule has 3 heterocycles. The third-order valence-electron chi connectivity index (χ3n) is 4.07. The van der Waals surface area contributed by atoms with Gasteiger partial charge in [0.2, 0.25) is 11.8 Å². The van der Waals surface area contributed by atoms with Crippen molar-refractivity contribution < 1.29 is 23.5 Å². The quantitative estimate of drug-likeness (QED) is 0.644. The Kier molecular flexibility index (Phi) is 7.47. The minimum atomic E-state index is -0.349. The number of aromatic nitrogens is 2. The molecule has 0 saturated carbocycles. The standard InChI is InChI=1S/C17H21N5O5S2/c1-2-26-17(25)22-7-5-21(6-8-22)14(23)11-29-16-20-19-13(27-16)10-18-15(24)12-4-3-9-28-12/h3-4,9H,2,5-8,10-11H2,1H3,(H,18,24). The highest BCUT2D eigenvalue weighted by Gasteiger charge is 2.25. The molecule has 0 atom stereocenters. The topological polar surface area (TPSA) is 118 Å². The number of thioether (sulfide) groups is 1. The van der Waals surface area contributed by atoms with Crippen LogP contribution < -0.4 is 5.32 Å². The first-order valence-electron chi connectivity index (χ1n) is 9.03. The lowest BCUT2D eigenvalue weighted by Crippen LogP contribution is -2.51. The van der Waals surface area contributed by atoms with E-state index in [2.05, 4.69) is 15.5 Å². The number of piperazine rings is 1. The molecule has 0 spiro atoms. The van der Waals surface area contributed by atoms with Gasteiger partial charge in [0.1, 0.15) is 0 Å². The molecular formula is C17H21N5O5S2. The van der Waals surface area contributed by atoms with Crippen molar-refractivity contribution in [2.75, 3.05) is 38.5 Å². The SMILES string of the molecule is CCOC(=O)N1CCN(C(=O)CSc2nnc(CNC(=O)c3cccs3)o2)CC1. The maximum absolute atomic E-state index is 12.4. The van der Waals surface area contributed by atoms with E-state index in [4.69, 9.17) is 9.15 Å². The Morgan fingerprint density at radius 3 is 2.69 bits per heavy atom. The molecule has 10 nitrogen and oxygen atoms in total. The third kappa shape index (κ3) is 5.94. The zero-order chi connectivity index (χ0) is 20.6. The third-order valence-corrected chi connectivity index (χ3v) is 5.74. The monoisotopic (exact) mass is 439 g/mol. The van der Waals surface area contributed by atoms with Gasteiger partial charge in [0.25, 0.3) is 11.1 Å². The molecule has 1 saturated heterocycles. The Hall–Kier alpha value is -2.60. The highest BCUT2D eigenvalue weighted by atomic mass is 32.2. The van der Waals surface area contributed by atoms with E-state index in [0.717, 1.165) is 11.8 Å². The van der Waals surface area contributed by atoms with E-state index >= 15 is 0 Å². The Bertz CT molecular complexity index is 833. The van der Waals surface area contributed by atoms with Crippen molar-refractivity contribution in [1.82, 2.24) is 25.3 Å². The van der Waals surface area contributed by atoms with E-state index in [1.165, 1.54) is 11.3 Å². The van der Waals surface area contributed by atoms with Crippen LogP contribution in [0.3, 0.4) is 0 Å². The van der Waals surface area contributed by atoms with Crippen molar-refractivity contribution in [3.63, 3.8) is 0 Å². The van der Waals surface area contributed by atoms with Gasteiger partial charge in [-0.25, -0.2) is 4.79 Å². The molecule has 0 bridgehead atoms. The molecule has 2 aromatic rings. The second-order valence-corrected chi connectivity index (χ2v) is 7.85. The summed E-state index contributed by atoms with van der Waals surface area (Å²) >= 11 is 2.49. The molecule has 1 N–H and O–H groups in total. The van der Waals surface area contributed by atoms with E-state index in [1.54, 1.807) is 28.9 Å². The first kappa shape index (κ1) is 21.1.